The molecule has 162 valence electrons. The van der Waals surface area contributed by atoms with E-state index < -0.39 is 34.8 Å². The number of nitrogens with zero attached hydrogens (tertiary/aromatic N) is 1. The third kappa shape index (κ3) is 5.62. The number of rotatable bonds is 7. The second kappa shape index (κ2) is 9.78. The second-order valence-electron chi connectivity index (χ2n) is 6.79. The van der Waals surface area contributed by atoms with E-state index in [1.165, 1.54) is 42.5 Å². The first-order chi connectivity index (χ1) is 14.7. The van der Waals surface area contributed by atoms with Gasteiger partial charge in [-0.15, -0.1) is 0 Å². The van der Waals surface area contributed by atoms with Gasteiger partial charge in [-0.25, -0.2) is 12.8 Å². The van der Waals surface area contributed by atoms with Gasteiger partial charge in [-0.05, 0) is 55.0 Å². The van der Waals surface area contributed by atoms with Crippen molar-refractivity contribution in [3.8, 4) is 0 Å². The number of para-hydroxylation sites is 1. The van der Waals surface area contributed by atoms with Crippen LogP contribution in [0.5, 0.6) is 0 Å². The molecule has 0 spiro atoms. The van der Waals surface area contributed by atoms with Gasteiger partial charge in [0.1, 0.15) is 5.82 Å². The second-order valence-corrected chi connectivity index (χ2v) is 9.57. The van der Waals surface area contributed by atoms with E-state index in [0.717, 1.165) is 9.87 Å². The van der Waals surface area contributed by atoms with E-state index in [9.17, 15) is 17.6 Å². The number of carbonyl (C=O) groups excluding carboxylic acids is 1. The standard InChI is InChI=1S/C22H19Cl2FN2O3S/c1-15-5-2-3-8-21(15)26-22(28)14-27(13-18-19(24)6-4-7-20(18)25)31(29,30)17-11-9-16(23)10-12-17/h2-12H,13-14H2,1H3,(H,26,28). The van der Waals surface area contributed by atoms with E-state index in [1.807, 2.05) is 19.1 Å². The number of amides is 1. The fraction of sp³-hybridized carbons (Fsp3) is 0.136. The highest BCUT2D eigenvalue weighted by Crippen LogP contribution is 2.25. The van der Waals surface area contributed by atoms with Crippen LogP contribution in [-0.4, -0.2) is 25.2 Å². The van der Waals surface area contributed by atoms with Crippen LogP contribution < -0.4 is 5.32 Å². The van der Waals surface area contributed by atoms with Crippen LogP contribution in [0.15, 0.2) is 71.6 Å². The van der Waals surface area contributed by atoms with Gasteiger partial charge in [-0.1, -0.05) is 47.5 Å². The van der Waals surface area contributed by atoms with Gasteiger partial charge in [0.25, 0.3) is 0 Å². The smallest absolute Gasteiger partial charge is 0.243 e. The largest absolute Gasteiger partial charge is 0.325 e. The summed E-state index contributed by atoms with van der Waals surface area (Å²) < 4.78 is 41.8. The molecule has 0 unspecified atom stereocenters. The van der Waals surface area contributed by atoms with Gasteiger partial charge in [0, 0.05) is 27.8 Å². The number of hydrogen-bond acceptors (Lipinski definition) is 3. The summed E-state index contributed by atoms with van der Waals surface area (Å²) in [6.07, 6.45) is 0. The minimum absolute atomic E-state index is 0.0228. The van der Waals surface area contributed by atoms with E-state index in [1.54, 1.807) is 12.1 Å². The first-order valence-electron chi connectivity index (χ1n) is 9.22. The molecule has 31 heavy (non-hydrogen) atoms. The minimum Gasteiger partial charge on any atom is -0.325 e. The lowest BCUT2D eigenvalue weighted by atomic mass is 10.2. The predicted molar refractivity (Wildman–Crippen MR) is 120 cm³/mol. The molecule has 0 aromatic heterocycles. The van der Waals surface area contributed by atoms with Gasteiger partial charge in [0.2, 0.25) is 15.9 Å². The third-order valence-electron chi connectivity index (χ3n) is 4.59. The molecule has 5 nitrogen and oxygen atoms in total. The van der Waals surface area contributed by atoms with Crippen LogP contribution in [0.3, 0.4) is 0 Å². The fourth-order valence-corrected chi connectivity index (χ4v) is 4.62. The summed E-state index contributed by atoms with van der Waals surface area (Å²) in [4.78, 5) is 12.6. The zero-order chi connectivity index (χ0) is 22.6. The summed E-state index contributed by atoms with van der Waals surface area (Å²) in [5, 5.41) is 3.12. The maximum absolute atomic E-state index is 14.4. The monoisotopic (exact) mass is 480 g/mol. The molecule has 0 heterocycles. The summed E-state index contributed by atoms with van der Waals surface area (Å²) in [6, 6.07) is 16.7. The molecule has 0 aliphatic rings. The molecule has 0 radical (unpaired) electrons. The molecule has 3 aromatic carbocycles. The van der Waals surface area contributed by atoms with Crippen LogP contribution in [-0.2, 0) is 21.4 Å². The van der Waals surface area contributed by atoms with Crippen LogP contribution in [0.25, 0.3) is 0 Å². The van der Waals surface area contributed by atoms with Gasteiger partial charge in [0.15, 0.2) is 0 Å². The van der Waals surface area contributed by atoms with Crippen molar-refractivity contribution < 1.29 is 17.6 Å². The van der Waals surface area contributed by atoms with Gasteiger partial charge in [-0.3, -0.25) is 4.79 Å². The Balaban J connectivity index is 1.94. The maximum atomic E-state index is 14.4. The van der Waals surface area contributed by atoms with Crippen molar-refractivity contribution in [1.29, 1.82) is 0 Å². The van der Waals surface area contributed by atoms with E-state index in [0.29, 0.717) is 10.7 Å². The van der Waals surface area contributed by atoms with Crippen molar-refractivity contribution in [2.45, 2.75) is 18.4 Å². The van der Waals surface area contributed by atoms with E-state index in [4.69, 9.17) is 23.2 Å². The highest BCUT2D eigenvalue weighted by molar-refractivity contribution is 7.89. The van der Waals surface area contributed by atoms with Gasteiger partial charge in [-0.2, -0.15) is 4.31 Å². The lowest BCUT2D eigenvalue weighted by Crippen LogP contribution is -2.38. The van der Waals surface area contributed by atoms with Gasteiger partial charge in [0.05, 0.1) is 11.4 Å². The molecule has 0 aliphatic carbocycles. The number of anilines is 1. The van der Waals surface area contributed by atoms with Crippen LogP contribution in [0, 0.1) is 12.7 Å². The number of benzene rings is 3. The van der Waals surface area contributed by atoms with Crippen molar-refractivity contribution in [2.24, 2.45) is 0 Å². The van der Waals surface area contributed by atoms with Crippen LogP contribution in [0.2, 0.25) is 10.0 Å². The van der Waals surface area contributed by atoms with Gasteiger partial charge < -0.3 is 5.32 Å². The molecule has 3 aromatic rings. The molecular formula is C22H19Cl2FN2O3S. The topological polar surface area (TPSA) is 66.5 Å². The minimum atomic E-state index is -4.16. The van der Waals surface area contributed by atoms with Crippen molar-refractivity contribution in [1.82, 2.24) is 4.31 Å². The Morgan fingerprint density at radius 1 is 1.00 bits per heavy atom. The predicted octanol–water partition coefficient (Wildman–Crippen LogP) is 5.27. The molecule has 0 aliphatic heterocycles. The Hall–Kier alpha value is -2.45. The Bertz CT molecular complexity index is 1180. The summed E-state index contributed by atoms with van der Waals surface area (Å²) in [6.45, 7) is 0.860. The lowest BCUT2D eigenvalue weighted by molar-refractivity contribution is -0.116. The third-order valence-corrected chi connectivity index (χ3v) is 7.00. The molecule has 1 amide bonds. The maximum Gasteiger partial charge on any atom is 0.243 e. The fourth-order valence-electron chi connectivity index (χ4n) is 2.90. The van der Waals surface area contributed by atoms with Crippen molar-refractivity contribution in [3.63, 3.8) is 0 Å². The molecule has 0 saturated carbocycles. The molecule has 0 atom stereocenters. The molecular weight excluding hydrogens is 462 g/mol. The van der Waals surface area contributed by atoms with Crippen molar-refractivity contribution in [3.05, 3.63) is 93.7 Å². The highest BCUT2D eigenvalue weighted by atomic mass is 35.5. The number of aryl methyl sites for hydroxylation is 1. The Labute approximate surface area is 190 Å². The SMILES string of the molecule is Cc1ccccc1NC(=O)CN(Cc1c(F)cccc1Cl)S(=O)(=O)c1ccc(Cl)cc1. The van der Waals surface area contributed by atoms with Crippen LogP contribution in [0.1, 0.15) is 11.1 Å². The van der Waals surface area contributed by atoms with Crippen LogP contribution >= 0.6 is 23.2 Å². The first kappa shape index (κ1) is 23.2. The summed E-state index contributed by atoms with van der Waals surface area (Å²) in [5.74, 6) is -1.23. The van der Waals surface area contributed by atoms with Gasteiger partial charge >= 0.3 is 0 Å². The Morgan fingerprint density at radius 2 is 1.68 bits per heavy atom. The molecule has 0 fully saturated rings. The van der Waals surface area contributed by atoms with Crippen molar-refractivity contribution >= 4 is 44.8 Å². The Kier molecular flexibility index (Phi) is 7.33. The first-order valence-corrected chi connectivity index (χ1v) is 11.4. The molecule has 9 heteroatoms. The van der Waals surface area contributed by atoms with E-state index in [2.05, 4.69) is 5.32 Å². The zero-order valence-corrected chi connectivity index (χ0v) is 18.8. The normalized spacial score (nSPS) is 11.5. The van der Waals surface area contributed by atoms with Crippen molar-refractivity contribution in [2.75, 3.05) is 11.9 Å². The molecule has 1 N–H and O–H groups in total. The molecule has 0 bridgehead atoms. The molecule has 3 rings (SSSR count). The summed E-state index contributed by atoms with van der Waals surface area (Å²) in [7, 11) is -4.16. The Morgan fingerprint density at radius 3 is 2.32 bits per heavy atom. The van der Waals surface area contributed by atoms with E-state index >= 15 is 0 Å². The lowest BCUT2D eigenvalue weighted by Gasteiger charge is -2.23. The quantitative estimate of drug-likeness (QED) is 0.500. The number of sulfonamides is 1. The summed E-state index contributed by atoms with van der Waals surface area (Å²) in [5.41, 5.74) is 1.35. The number of nitrogens with one attached hydrogen (secondary N) is 1. The average Bonchev–Trinajstić information content (AvgIpc) is 2.72. The number of halogens is 3. The average molecular weight is 481 g/mol. The van der Waals surface area contributed by atoms with E-state index in [-0.39, 0.29) is 15.5 Å². The zero-order valence-electron chi connectivity index (χ0n) is 16.5. The highest BCUT2D eigenvalue weighted by Gasteiger charge is 2.28. The number of carbonyl (C=O) groups is 1. The number of hydrogen-bond donors (Lipinski definition) is 1. The summed E-state index contributed by atoms with van der Waals surface area (Å²) >= 11 is 12.0. The van der Waals surface area contributed by atoms with Crippen LogP contribution in [0.4, 0.5) is 10.1 Å². The molecule has 0 saturated heterocycles.